The van der Waals surface area contributed by atoms with Gasteiger partial charge in [-0.15, -0.1) is 0 Å². The lowest BCUT2D eigenvalue weighted by molar-refractivity contribution is 0.954. The Kier molecular flexibility index (Phi) is 6.18. The lowest BCUT2D eigenvalue weighted by Gasteiger charge is -2.13. The predicted octanol–water partition coefficient (Wildman–Crippen LogP) is 11.7. The highest BCUT2D eigenvalue weighted by Gasteiger charge is 2.24. The predicted molar refractivity (Wildman–Crippen MR) is 214 cm³/mol. The van der Waals surface area contributed by atoms with Crippen LogP contribution < -0.4 is 0 Å². The van der Waals surface area contributed by atoms with Crippen molar-refractivity contribution in [2.45, 2.75) is 0 Å². The van der Waals surface area contributed by atoms with Gasteiger partial charge in [-0.1, -0.05) is 146 Å². The summed E-state index contributed by atoms with van der Waals surface area (Å²) in [5, 5.41) is 9.48. The van der Waals surface area contributed by atoms with Crippen LogP contribution >= 0.6 is 0 Å². The first kappa shape index (κ1) is 28.7. The molecule has 8 aromatic carbocycles. The van der Waals surface area contributed by atoms with E-state index in [1.807, 2.05) is 36.4 Å². The van der Waals surface area contributed by atoms with E-state index in [0.29, 0.717) is 17.6 Å². The zero-order chi connectivity index (χ0) is 34.2. The van der Waals surface area contributed by atoms with Crippen molar-refractivity contribution in [3.63, 3.8) is 0 Å². The number of hydrogen-bond acceptors (Lipinski definition) is 3. The molecule has 0 aliphatic rings. The first-order valence-electron chi connectivity index (χ1n) is 17.5. The zero-order valence-corrected chi connectivity index (χ0v) is 28.0. The van der Waals surface area contributed by atoms with Crippen molar-refractivity contribution in [1.82, 2.24) is 24.1 Å². The fourth-order valence-electron chi connectivity index (χ4n) is 8.00. The molecule has 5 heteroatoms. The van der Waals surface area contributed by atoms with E-state index >= 15 is 0 Å². The Hall–Kier alpha value is -7.11. The molecule has 0 saturated carbocycles. The summed E-state index contributed by atoms with van der Waals surface area (Å²) in [5.41, 5.74) is 7.32. The van der Waals surface area contributed by atoms with Crippen LogP contribution in [0.1, 0.15) is 0 Å². The highest BCUT2D eigenvalue weighted by Crippen LogP contribution is 2.44. The third-order valence-corrected chi connectivity index (χ3v) is 10.3. The summed E-state index contributed by atoms with van der Waals surface area (Å²) in [5.74, 6) is 1.83. The standard InChI is InChI=1S/C47H29N5/c1-4-15-31(16-5-1)45-48-46(32-17-6-2-7-18-32)50-47(49-45)52-41-29-34-20-11-10-19-33(34)28-39(41)37-25-26-38-42-36-23-13-12-14-30(36)24-27-40(42)51(44(38)43(37)52)35-21-8-3-9-22-35/h1-29H. The number of nitrogens with zero attached hydrogens (tertiary/aromatic N) is 5. The smallest absolute Gasteiger partial charge is 0.238 e. The molecule has 0 N–H and O–H groups in total. The largest absolute Gasteiger partial charge is 0.307 e. The molecule has 3 aromatic heterocycles. The van der Waals surface area contributed by atoms with Gasteiger partial charge in [0.15, 0.2) is 11.6 Å². The molecular formula is C47H29N5. The van der Waals surface area contributed by atoms with Crippen LogP contribution in [-0.4, -0.2) is 24.1 Å². The maximum absolute atomic E-state index is 5.30. The van der Waals surface area contributed by atoms with Gasteiger partial charge < -0.3 is 4.57 Å². The third-order valence-electron chi connectivity index (χ3n) is 10.3. The molecule has 0 amide bonds. The summed E-state index contributed by atoms with van der Waals surface area (Å²) >= 11 is 0. The van der Waals surface area contributed by atoms with Crippen molar-refractivity contribution in [1.29, 1.82) is 0 Å². The highest BCUT2D eigenvalue weighted by molar-refractivity contribution is 6.29. The van der Waals surface area contributed by atoms with Gasteiger partial charge in [0.25, 0.3) is 0 Å². The molecule has 0 aliphatic heterocycles. The van der Waals surface area contributed by atoms with Crippen molar-refractivity contribution < 1.29 is 0 Å². The summed E-state index contributed by atoms with van der Waals surface area (Å²) in [6.45, 7) is 0. The zero-order valence-electron chi connectivity index (χ0n) is 28.0. The first-order valence-corrected chi connectivity index (χ1v) is 17.5. The van der Waals surface area contributed by atoms with E-state index in [1.54, 1.807) is 0 Å². The van der Waals surface area contributed by atoms with Gasteiger partial charge in [0, 0.05) is 38.4 Å². The molecule has 242 valence electrons. The van der Waals surface area contributed by atoms with E-state index in [1.165, 1.54) is 26.9 Å². The van der Waals surface area contributed by atoms with E-state index in [2.05, 4.69) is 149 Å². The minimum absolute atomic E-state index is 0.574. The Bertz CT molecular complexity index is 3100. The Morgan fingerprint density at radius 1 is 0.346 bits per heavy atom. The molecule has 0 radical (unpaired) electrons. The quantitative estimate of drug-likeness (QED) is 0.188. The number of hydrogen-bond donors (Lipinski definition) is 0. The highest BCUT2D eigenvalue weighted by atomic mass is 15.2. The van der Waals surface area contributed by atoms with Crippen molar-refractivity contribution >= 4 is 65.2 Å². The number of para-hydroxylation sites is 1. The van der Waals surface area contributed by atoms with Crippen LogP contribution in [0.25, 0.3) is 99.6 Å². The van der Waals surface area contributed by atoms with E-state index in [0.717, 1.165) is 55.0 Å². The lowest BCUT2D eigenvalue weighted by atomic mass is 10.0. The molecule has 0 bridgehead atoms. The second-order valence-corrected chi connectivity index (χ2v) is 13.3. The van der Waals surface area contributed by atoms with Gasteiger partial charge >= 0.3 is 0 Å². The molecule has 0 atom stereocenters. The van der Waals surface area contributed by atoms with Gasteiger partial charge in [0.2, 0.25) is 5.95 Å². The first-order chi connectivity index (χ1) is 25.8. The van der Waals surface area contributed by atoms with E-state index in [9.17, 15) is 0 Å². The van der Waals surface area contributed by atoms with Crippen LogP contribution in [0.2, 0.25) is 0 Å². The molecule has 0 saturated heterocycles. The summed E-state index contributed by atoms with van der Waals surface area (Å²) in [4.78, 5) is 15.6. The fraction of sp³-hybridized carbons (Fsp3) is 0. The molecule has 0 unspecified atom stereocenters. The Morgan fingerprint density at radius 3 is 1.60 bits per heavy atom. The van der Waals surface area contributed by atoms with E-state index < -0.39 is 0 Å². The Labute approximate surface area is 298 Å². The van der Waals surface area contributed by atoms with Crippen LogP contribution in [0, 0.1) is 0 Å². The molecule has 0 spiro atoms. The summed E-state index contributed by atoms with van der Waals surface area (Å²) < 4.78 is 4.70. The topological polar surface area (TPSA) is 48.5 Å². The second-order valence-electron chi connectivity index (χ2n) is 13.3. The lowest BCUT2D eigenvalue weighted by Crippen LogP contribution is -2.07. The van der Waals surface area contributed by atoms with Gasteiger partial charge in [0.1, 0.15) is 0 Å². The van der Waals surface area contributed by atoms with Crippen molar-refractivity contribution in [2.75, 3.05) is 0 Å². The number of fused-ring (bicyclic) bond motifs is 10. The van der Waals surface area contributed by atoms with Crippen LogP contribution in [0.3, 0.4) is 0 Å². The summed E-state index contributed by atoms with van der Waals surface area (Å²) in [6, 6.07) is 62.0. The number of aromatic nitrogens is 5. The minimum atomic E-state index is 0.574. The number of benzene rings is 8. The number of rotatable bonds is 4. The Morgan fingerprint density at radius 2 is 0.904 bits per heavy atom. The van der Waals surface area contributed by atoms with E-state index in [-0.39, 0.29) is 0 Å². The molecule has 3 heterocycles. The fourth-order valence-corrected chi connectivity index (χ4v) is 8.00. The molecule has 0 fully saturated rings. The van der Waals surface area contributed by atoms with Crippen LogP contribution in [0.15, 0.2) is 176 Å². The molecule has 11 aromatic rings. The average molecular weight is 664 g/mol. The van der Waals surface area contributed by atoms with Crippen molar-refractivity contribution in [3.8, 4) is 34.4 Å². The SMILES string of the molecule is c1ccc(-c2nc(-c3ccccc3)nc(-n3c4cc5ccccc5cc4c4ccc5c6c7ccccc7ccc6n(-c6ccccc6)c5c43)n2)cc1. The van der Waals surface area contributed by atoms with Crippen LogP contribution in [0.5, 0.6) is 0 Å². The summed E-state index contributed by atoms with van der Waals surface area (Å²) in [6.07, 6.45) is 0. The van der Waals surface area contributed by atoms with Crippen molar-refractivity contribution in [2.24, 2.45) is 0 Å². The van der Waals surface area contributed by atoms with Crippen LogP contribution in [0.4, 0.5) is 0 Å². The molecular weight excluding hydrogens is 635 g/mol. The maximum atomic E-state index is 5.30. The van der Waals surface area contributed by atoms with Crippen molar-refractivity contribution in [3.05, 3.63) is 176 Å². The van der Waals surface area contributed by atoms with Gasteiger partial charge in [0.05, 0.1) is 22.1 Å². The second kappa shape index (κ2) is 11.2. The molecule has 52 heavy (non-hydrogen) atoms. The molecule has 0 aliphatic carbocycles. The Balaban J connectivity index is 1.38. The normalized spacial score (nSPS) is 11.8. The maximum Gasteiger partial charge on any atom is 0.238 e. The average Bonchev–Trinajstić information content (AvgIpc) is 3.73. The van der Waals surface area contributed by atoms with Gasteiger partial charge in [-0.2, -0.15) is 9.97 Å². The third kappa shape index (κ3) is 4.26. The molecule has 5 nitrogen and oxygen atoms in total. The van der Waals surface area contributed by atoms with Gasteiger partial charge in [-0.3, -0.25) is 4.57 Å². The van der Waals surface area contributed by atoms with Crippen LogP contribution in [-0.2, 0) is 0 Å². The molecule has 11 rings (SSSR count). The van der Waals surface area contributed by atoms with E-state index in [4.69, 9.17) is 15.0 Å². The summed E-state index contributed by atoms with van der Waals surface area (Å²) in [7, 11) is 0. The van der Waals surface area contributed by atoms with Gasteiger partial charge in [-0.25, -0.2) is 4.98 Å². The van der Waals surface area contributed by atoms with Gasteiger partial charge in [-0.05, 0) is 51.9 Å². The monoisotopic (exact) mass is 663 g/mol. The minimum Gasteiger partial charge on any atom is -0.307 e.